The molecule has 2 rings (SSSR count). The van der Waals surface area contributed by atoms with Crippen molar-refractivity contribution in [3.8, 4) is 0 Å². The second kappa shape index (κ2) is 8.03. The standard InChI is InChI=1S/C15H22N4O2S/c1-4-6-13-17-18-15(22-10-14(20)16-11(2)3)19(13)9-12-7-5-8-21-12/h5,7-8,11H,4,6,9-10H2,1-3H3,(H,16,20). The van der Waals surface area contributed by atoms with Crippen molar-refractivity contribution in [2.75, 3.05) is 5.75 Å². The lowest BCUT2D eigenvalue weighted by molar-refractivity contribution is -0.119. The number of aromatic nitrogens is 3. The normalized spacial score (nSPS) is 11.1. The Morgan fingerprint density at radius 1 is 1.45 bits per heavy atom. The molecule has 2 aromatic heterocycles. The first-order valence-electron chi connectivity index (χ1n) is 7.46. The molecule has 120 valence electrons. The molecule has 7 heteroatoms. The van der Waals surface area contributed by atoms with Crippen LogP contribution < -0.4 is 5.32 Å². The molecule has 22 heavy (non-hydrogen) atoms. The number of nitrogens with zero attached hydrogens (tertiary/aromatic N) is 3. The molecule has 0 saturated heterocycles. The van der Waals surface area contributed by atoms with Crippen LogP contribution in [0.2, 0.25) is 0 Å². The number of nitrogens with one attached hydrogen (secondary N) is 1. The number of rotatable bonds is 8. The molecule has 0 bridgehead atoms. The third-order valence-electron chi connectivity index (χ3n) is 2.94. The van der Waals surface area contributed by atoms with E-state index >= 15 is 0 Å². The van der Waals surface area contributed by atoms with Gasteiger partial charge in [-0.05, 0) is 32.4 Å². The number of hydrogen-bond acceptors (Lipinski definition) is 5. The number of carbonyl (C=O) groups is 1. The van der Waals surface area contributed by atoms with Gasteiger partial charge in [0.1, 0.15) is 11.6 Å². The van der Waals surface area contributed by atoms with E-state index < -0.39 is 0 Å². The quantitative estimate of drug-likeness (QED) is 0.756. The first-order chi connectivity index (χ1) is 10.6. The van der Waals surface area contributed by atoms with Crippen LogP contribution in [0.25, 0.3) is 0 Å². The fourth-order valence-electron chi connectivity index (χ4n) is 2.05. The molecule has 0 aliphatic heterocycles. The summed E-state index contributed by atoms with van der Waals surface area (Å²) in [5.74, 6) is 2.11. The zero-order chi connectivity index (χ0) is 15.9. The Bertz CT molecular complexity index is 593. The lowest BCUT2D eigenvalue weighted by Crippen LogP contribution is -2.31. The van der Waals surface area contributed by atoms with Crippen LogP contribution in [0.4, 0.5) is 0 Å². The fraction of sp³-hybridized carbons (Fsp3) is 0.533. The van der Waals surface area contributed by atoms with Gasteiger partial charge in [-0.2, -0.15) is 0 Å². The smallest absolute Gasteiger partial charge is 0.230 e. The van der Waals surface area contributed by atoms with Crippen molar-refractivity contribution in [1.82, 2.24) is 20.1 Å². The van der Waals surface area contributed by atoms with E-state index in [4.69, 9.17) is 4.42 Å². The molecule has 1 amide bonds. The Morgan fingerprint density at radius 2 is 2.27 bits per heavy atom. The maximum atomic E-state index is 11.8. The highest BCUT2D eigenvalue weighted by atomic mass is 32.2. The summed E-state index contributed by atoms with van der Waals surface area (Å²) in [6.07, 6.45) is 3.50. The summed E-state index contributed by atoms with van der Waals surface area (Å²) in [5, 5.41) is 12.1. The van der Waals surface area contributed by atoms with Crippen LogP contribution in [0.15, 0.2) is 28.0 Å². The predicted molar refractivity (Wildman–Crippen MR) is 85.8 cm³/mol. The van der Waals surface area contributed by atoms with Gasteiger partial charge in [0.15, 0.2) is 5.16 Å². The summed E-state index contributed by atoms with van der Waals surface area (Å²) in [5.41, 5.74) is 0. The molecule has 1 N–H and O–H groups in total. The molecule has 0 radical (unpaired) electrons. The van der Waals surface area contributed by atoms with Gasteiger partial charge in [-0.1, -0.05) is 18.7 Å². The van der Waals surface area contributed by atoms with Gasteiger partial charge < -0.3 is 9.73 Å². The number of amides is 1. The highest BCUT2D eigenvalue weighted by Crippen LogP contribution is 2.19. The molecule has 6 nitrogen and oxygen atoms in total. The van der Waals surface area contributed by atoms with Crippen LogP contribution in [0, 0.1) is 0 Å². The summed E-state index contributed by atoms with van der Waals surface area (Å²) < 4.78 is 7.43. The van der Waals surface area contributed by atoms with E-state index in [1.165, 1.54) is 11.8 Å². The maximum absolute atomic E-state index is 11.8. The van der Waals surface area contributed by atoms with Crippen molar-refractivity contribution >= 4 is 17.7 Å². The third-order valence-corrected chi connectivity index (χ3v) is 3.91. The number of carbonyl (C=O) groups excluding carboxylic acids is 1. The van der Waals surface area contributed by atoms with Crippen molar-refractivity contribution in [3.05, 3.63) is 30.0 Å². The largest absolute Gasteiger partial charge is 0.467 e. The second-order valence-electron chi connectivity index (χ2n) is 5.33. The highest BCUT2D eigenvalue weighted by Gasteiger charge is 2.15. The van der Waals surface area contributed by atoms with Crippen LogP contribution in [0.3, 0.4) is 0 Å². The summed E-state index contributed by atoms with van der Waals surface area (Å²) in [6, 6.07) is 3.93. The van der Waals surface area contributed by atoms with E-state index in [-0.39, 0.29) is 11.9 Å². The van der Waals surface area contributed by atoms with E-state index in [1.54, 1.807) is 6.26 Å². The molecule has 0 saturated carbocycles. The SMILES string of the molecule is CCCc1nnc(SCC(=O)NC(C)C)n1Cc1ccco1. The van der Waals surface area contributed by atoms with Crippen molar-refractivity contribution in [2.45, 2.75) is 51.4 Å². The lowest BCUT2D eigenvalue weighted by atomic mass is 10.3. The van der Waals surface area contributed by atoms with Crippen LogP contribution >= 0.6 is 11.8 Å². The molecule has 0 spiro atoms. The van der Waals surface area contributed by atoms with E-state index in [1.807, 2.05) is 30.5 Å². The minimum Gasteiger partial charge on any atom is -0.467 e. The minimum absolute atomic E-state index is 0.00425. The van der Waals surface area contributed by atoms with Gasteiger partial charge in [0, 0.05) is 12.5 Å². The van der Waals surface area contributed by atoms with E-state index in [9.17, 15) is 4.79 Å². The number of furan rings is 1. The Kier molecular flexibility index (Phi) is 6.06. The average molecular weight is 322 g/mol. The van der Waals surface area contributed by atoms with Crippen molar-refractivity contribution in [2.24, 2.45) is 0 Å². The first kappa shape index (κ1) is 16.6. The van der Waals surface area contributed by atoms with Gasteiger partial charge in [0.05, 0.1) is 18.6 Å². The zero-order valence-electron chi connectivity index (χ0n) is 13.2. The second-order valence-corrected chi connectivity index (χ2v) is 6.27. The van der Waals surface area contributed by atoms with Gasteiger partial charge in [0.2, 0.25) is 5.91 Å². The monoisotopic (exact) mass is 322 g/mol. The number of hydrogen-bond donors (Lipinski definition) is 1. The van der Waals surface area contributed by atoms with Crippen molar-refractivity contribution in [3.63, 3.8) is 0 Å². The van der Waals surface area contributed by atoms with Crippen LogP contribution in [0.1, 0.15) is 38.8 Å². The van der Waals surface area contributed by atoms with E-state index in [0.717, 1.165) is 29.6 Å². The predicted octanol–water partition coefficient (Wildman–Crippen LogP) is 2.49. The molecule has 0 unspecified atom stereocenters. The summed E-state index contributed by atoms with van der Waals surface area (Å²) in [6.45, 7) is 6.58. The molecule has 0 aliphatic carbocycles. The zero-order valence-corrected chi connectivity index (χ0v) is 14.0. The topological polar surface area (TPSA) is 73.0 Å². The fourth-order valence-corrected chi connectivity index (χ4v) is 2.81. The molecule has 2 aromatic rings. The molecule has 0 aliphatic rings. The molecule has 0 aromatic carbocycles. The minimum atomic E-state index is 0.00425. The van der Waals surface area contributed by atoms with Crippen molar-refractivity contribution in [1.29, 1.82) is 0 Å². The lowest BCUT2D eigenvalue weighted by Gasteiger charge is -2.09. The van der Waals surface area contributed by atoms with Gasteiger partial charge in [0.25, 0.3) is 0 Å². The number of aryl methyl sites for hydroxylation is 1. The van der Waals surface area contributed by atoms with Crippen molar-refractivity contribution < 1.29 is 9.21 Å². The Hall–Kier alpha value is -1.76. The van der Waals surface area contributed by atoms with E-state index in [0.29, 0.717) is 12.3 Å². The first-order valence-corrected chi connectivity index (χ1v) is 8.45. The van der Waals surface area contributed by atoms with E-state index in [2.05, 4.69) is 22.4 Å². The van der Waals surface area contributed by atoms with Crippen LogP contribution in [-0.4, -0.2) is 32.5 Å². The van der Waals surface area contributed by atoms with Gasteiger partial charge in [-0.25, -0.2) is 0 Å². The van der Waals surface area contributed by atoms with Gasteiger partial charge in [-0.3, -0.25) is 9.36 Å². The molecule has 0 atom stereocenters. The summed E-state index contributed by atoms with van der Waals surface area (Å²) in [7, 11) is 0. The van der Waals surface area contributed by atoms with Gasteiger partial charge in [-0.15, -0.1) is 10.2 Å². The Balaban J connectivity index is 2.08. The highest BCUT2D eigenvalue weighted by molar-refractivity contribution is 7.99. The van der Waals surface area contributed by atoms with Crippen LogP contribution in [0.5, 0.6) is 0 Å². The van der Waals surface area contributed by atoms with Crippen LogP contribution in [-0.2, 0) is 17.8 Å². The summed E-state index contributed by atoms with van der Waals surface area (Å²) in [4.78, 5) is 11.8. The molecular formula is C15H22N4O2S. The Labute approximate surface area is 134 Å². The third kappa shape index (κ3) is 4.62. The molecule has 2 heterocycles. The molecule has 0 fully saturated rings. The average Bonchev–Trinajstić information content (AvgIpc) is 3.08. The molecular weight excluding hydrogens is 300 g/mol. The summed E-state index contributed by atoms with van der Waals surface area (Å²) >= 11 is 1.40. The Morgan fingerprint density at radius 3 is 2.91 bits per heavy atom. The van der Waals surface area contributed by atoms with Gasteiger partial charge >= 0.3 is 0 Å². The number of thioether (sulfide) groups is 1. The maximum Gasteiger partial charge on any atom is 0.230 e.